The molecule has 140 valence electrons. The summed E-state index contributed by atoms with van der Waals surface area (Å²) in [4.78, 5) is 13.5. The average molecular weight is 407 g/mol. The van der Waals surface area contributed by atoms with Gasteiger partial charge in [-0.15, -0.1) is 0 Å². The number of hydrazone groups is 1. The first-order valence-corrected chi connectivity index (χ1v) is 9.48. The predicted molar refractivity (Wildman–Crippen MR) is 104 cm³/mol. The molecule has 0 unspecified atom stereocenters. The minimum absolute atomic E-state index is 0.0279. The molecule has 1 aliphatic rings. The molecule has 2 aromatic carbocycles. The fraction of sp³-hybridized carbons (Fsp3) is 0.0625. The lowest BCUT2D eigenvalue weighted by molar-refractivity contribution is -0.111. The van der Waals surface area contributed by atoms with Gasteiger partial charge in [-0.1, -0.05) is 6.07 Å². The van der Waals surface area contributed by atoms with Crippen LogP contribution in [-0.4, -0.2) is 32.2 Å². The number of rotatable bonds is 3. The van der Waals surface area contributed by atoms with Crippen molar-refractivity contribution in [3.05, 3.63) is 53.8 Å². The van der Waals surface area contributed by atoms with Gasteiger partial charge in [-0.05, 0) is 48.6 Å². The maximum Gasteiger partial charge on any atom is 0.279 e. The fourth-order valence-electron chi connectivity index (χ4n) is 2.49. The molecule has 11 heteroatoms. The molecule has 0 aromatic heterocycles. The van der Waals surface area contributed by atoms with Crippen LogP contribution in [0, 0.1) is 5.82 Å². The summed E-state index contributed by atoms with van der Waals surface area (Å²) in [6.45, 7) is 0. The molecular formula is C16H14FN5O3S2. The molecule has 0 saturated heterocycles. The number of thiocarbonyl (C=S) groups is 1. The van der Waals surface area contributed by atoms with Gasteiger partial charge in [0.15, 0.2) is 10.8 Å². The summed E-state index contributed by atoms with van der Waals surface area (Å²) in [5.41, 5.74) is 3.85. The molecule has 4 N–H and O–H groups in total. The standard InChI is InChI=1S/C16H14FN5O3S2/c1-22-13-7-9(17)5-6-12(13)14(15(22)23)20-21-16(26)19-10-3-2-4-11(8-10)27(18,24)25/h2-8H,1H3,(H2,18,24,25)(H2,19,21,26). The van der Waals surface area contributed by atoms with Gasteiger partial charge in [0.2, 0.25) is 10.0 Å². The van der Waals surface area contributed by atoms with Gasteiger partial charge < -0.3 is 10.2 Å². The Morgan fingerprint density at radius 1 is 1.26 bits per heavy atom. The molecule has 3 rings (SSSR count). The van der Waals surface area contributed by atoms with E-state index in [4.69, 9.17) is 17.4 Å². The molecule has 2 aromatic rings. The van der Waals surface area contributed by atoms with Gasteiger partial charge in [-0.25, -0.2) is 17.9 Å². The van der Waals surface area contributed by atoms with E-state index in [1.165, 1.54) is 48.3 Å². The number of hydrogen-bond acceptors (Lipinski definition) is 5. The number of fused-ring (bicyclic) bond motifs is 1. The lowest BCUT2D eigenvalue weighted by Crippen LogP contribution is -2.30. The van der Waals surface area contributed by atoms with Crippen LogP contribution in [0.5, 0.6) is 0 Å². The van der Waals surface area contributed by atoms with Crippen LogP contribution in [0.15, 0.2) is 52.5 Å². The van der Waals surface area contributed by atoms with Gasteiger partial charge in [0.05, 0.1) is 10.6 Å². The number of likely N-dealkylation sites (N-methyl/N-ethyl adjacent to an activating group) is 1. The zero-order chi connectivity index (χ0) is 19.8. The summed E-state index contributed by atoms with van der Waals surface area (Å²) in [6, 6.07) is 9.67. The van der Waals surface area contributed by atoms with Gasteiger partial charge in [0.25, 0.3) is 5.91 Å². The Kier molecular flexibility index (Phi) is 4.91. The van der Waals surface area contributed by atoms with Crippen LogP contribution >= 0.6 is 12.2 Å². The third-order valence-electron chi connectivity index (χ3n) is 3.77. The number of primary sulfonamides is 1. The quantitative estimate of drug-likeness (QED) is 0.519. The summed E-state index contributed by atoms with van der Waals surface area (Å²) in [5.74, 6) is -0.878. The van der Waals surface area contributed by atoms with E-state index in [2.05, 4.69) is 15.8 Å². The summed E-state index contributed by atoms with van der Waals surface area (Å²) in [7, 11) is -2.34. The van der Waals surface area contributed by atoms with Crippen molar-refractivity contribution in [3.63, 3.8) is 0 Å². The number of hydrogen-bond donors (Lipinski definition) is 3. The topological polar surface area (TPSA) is 117 Å². The fourth-order valence-corrected chi connectivity index (χ4v) is 3.21. The normalized spacial score (nSPS) is 15.0. The zero-order valence-corrected chi connectivity index (χ0v) is 15.6. The van der Waals surface area contributed by atoms with Crippen LogP contribution < -0.4 is 20.8 Å². The van der Waals surface area contributed by atoms with Crippen molar-refractivity contribution in [2.45, 2.75) is 4.90 Å². The molecule has 0 atom stereocenters. The minimum atomic E-state index is -3.85. The monoisotopic (exact) mass is 407 g/mol. The molecule has 0 saturated carbocycles. The van der Waals surface area contributed by atoms with Crippen LogP contribution in [0.25, 0.3) is 0 Å². The molecule has 1 amide bonds. The Hall–Kier alpha value is -2.89. The second kappa shape index (κ2) is 7.02. The molecule has 1 heterocycles. The van der Waals surface area contributed by atoms with Crippen LogP contribution in [0.1, 0.15) is 5.56 Å². The Morgan fingerprint density at radius 3 is 2.70 bits per heavy atom. The van der Waals surface area contributed by atoms with E-state index in [1.807, 2.05) is 0 Å². The Bertz CT molecular complexity index is 1090. The van der Waals surface area contributed by atoms with Crippen molar-refractivity contribution in [1.82, 2.24) is 5.43 Å². The van der Waals surface area contributed by atoms with E-state index >= 15 is 0 Å². The number of carbonyl (C=O) groups is 1. The molecular weight excluding hydrogens is 393 g/mol. The number of carbonyl (C=O) groups excluding carboxylic acids is 1. The van der Waals surface area contributed by atoms with Gasteiger partial charge in [-0.3, -0.25) is 10.2 Å². The molecule has 0 bridgehead atoms. The van der Waals surface area contributed by atoms with Crippen LogP contribution in [0.2, 0.25) is 0 Å². The second-order valence-electron chi connectivity index (χ2n) is 5.62. The highest BCUT2D eigenvalue weighted by molar-refractivity contribution is 7.89. The maximum absolute atomic E-state index is 13.4. The van der Waals surface area contributed by atoms with Crippen molar-refractivity contribution in [1.29, 1.82) is 0 Å². The number of nitrogens with zero attached hydrogens (tertiary/aromatic N) is 2. The Morgan fingerprint density at radius 2 is 2.00 bits per heavy atom. The van der Waals surface area contributed by atoms with Crippen molar-refractivity contribution in [2.24, 2.45) is 10.2 Å². The van der Waals surface area contributed by atoms with Crippen LogP contribution in [0.3, 0.4) is 0 Å². The SMILES string of the molecule is CN1C(=O)C(=NNC(=S)Nc2cccc(S(N)(=O)=O)c2)c2ccc(F)cc21. The van der Waals surface area contributed by atoms with E-state index in [0.29, 0.717) is 16.9 Å². The first-order valence-electron chi connectivity index (χ1n) is 7.52. The highest BCUT2D eigenvalue weighted by atomic mass is 32.2. The summed E-state index contributed by atoms with van der Waals surface area (Å²) >= 11 is 5.10. The zero-order valence-electron chi connectivity index (χ0n) is 13.9. The third kappa shape index (κ3) is 3.94. The van der Waals surface area contributed by atoms with Gasteiger partial charge in [0, 0.05) is 18.3 Å². The van der Waals surface area contributed by atoms with Crippen LogP contribution in [0.4, 0.5) is 15.8 Å². The molecule has 0 aliphatic carbocycles. The third-order valence-corrected chi connectivity index (χ3v) is 4.88. The van der Waals surface area contributed by atoms with E-state index in [0.717, 1.165) is 0 Å². The number of amides is 1. The largest absolute Gasteiger partial charge is 0.331 e. The number of sulfonamides is 1. The van der Waals surface area contributed by atoms with Crippen molar-refractivity contribution in [2.75, 3.05) is 17.3 Å². The Balaban J connectivity index is 1.77. The minimum Gasteiger partial charge on any atom is -0.331 e. The first-order chi connectivity index (χ1) is 12.7. The summed E-state index contributed by atoms with van der Waals surface area (Å²) in [5, 5.41) is 11.9. The number of benzene rings is 2. The lowest BCUT2D eigenvalue weighted by atomic mass is 10.1. The van der Waals surface area contributed by atoms with E-state index in [9.17, 15) is 17.6 Å². The number of nitrogens with one attached hydrogen (secondary N) is 2. The van der Waals surface area contributed by atoms with E-state index in [1.54, 1.807) is 6.07 Å². The number of nitrogens with two attached hydrogens (primary N) is 1. The van der Waals surface area contributed by atoms with Crippen LogP contribution in [-0.2, 0) is 14.8 Å². The maximum atomic E-state index is 13.4. The highest BCUT2D eigenvalue weighted by Gasteiger charge is 2.32. The highest BCUT2D eigenvalue weighted by Crippen LogP contribution is 2.28. The summed E-state index contributed by atoms with van der Waals surface area (Å²) < 4.78 is 36.2. The molecule has 8 nitrogen and oxygen atoms in total. The van der Waals surface area contributed by atoms with Gasteiger partial charge in [0.1, 0.15) is 5.82 Å². The lowest BCUT2D eigenvalue weighted by Gasteiger charge is -2.09. The van der Waals surface area contributed by atoms with Crippen molar-refractivity contribution < 1.29 is 17.6 Å². The number of anilines is 2. The van der Waals surface area contributed by atoms with Crippen molar-refractivity contribution >= 4 is 50.3 Å². The predicted octanol–water partition coefficient (Wildman–Crippen LogP) is 1.14. The second-order valence-corrected chi connectivity index (χ2v) is 7.59. The molecule has 1 aliphatic heterocycles. The number of halogens is 1. The first kappa shape index (κ1) is 18.9. The van der Waals surface area contributed by atoms with Gasteiger partial charge in [-0.2, -0.15) is 5.10 Å². The smallest absolute Gasteiger partial charge is 0.279 e. The molecule has 0 radical (unpaired) electrons. The Labute approximate surface area is 159 Å². The average Bonchev–Trinajstić information content (AvgIpc) is 2.83. The molecule has 0 spiro atoms. The summed E-state index contributed by atoms with van der Waals surface area (Å²) in [6.07, 6.45) is 0. The van der Waals surface area contributed by atoms with E-state index < -0.39 is 21.7 Å². The van der Waals surface area contributed by atoms with E-state index in [-0.39, 0.29) is 15.7 Å². The molecule has 0 fully saturated rings. The van der Waals surface area contributed by atoms with Gasteiger partial charge >= 0.3 is 0 Å². The molecule has 27 heavy (non-hydrogen) atoms. The van der Waals surface area contributed by atoms with Crippen molar-refractivity contribution in [3.8, 4) is 0 Å².